The predicted molar refractivity (Wildman–Crippen MR) is 72.3 cm³/mol. The van der Waals surface area contributed by atoms with E-state index >= 15 is 0 Å². The maximum Gasteiger partial charge on any atom is 0.418 e. The van der Waals surface area contributed by atoms with Crippen LogP contribution in [-0.4, -0.2) is 11.4 Å². The molecule has 1 aromatic carbocycles. The molecule has 112 valence electrons. The summed E-state index contributed by atoms with van der Waals surface area (Å²) in [6, 6.07) is 3.19. The van der Waals surface area contributed by atoms with Crippen molar-refractivity contribution in [2.24, 2.45) is 0 Å². The molecular formula is C14H19F3N2O. The van der Waals surface area contributed by atoms with Gasteiger partial charge < -0.3 is 11.1 Å². The number of hydrogen-bond acceptors (Lipinski definition) is 2. The summed E-state index contributed by atoms with van der Waals surface area (Å²) < 4.78 is 38.3. The summed E-state index contributed by atoms with van der Waals surface area (Å²) in [4.78, 5) is 12.0. The first kappa shape index (κ1) is 16.3. The molecule has 0 atom stereocenters. The van der Waals surface area contributed by atoms with Gasteiger partial charge in [0.15, 0.2) is 0 Å². The summed E-state index contributed by atoms with van der Waals surface area (Å²) in [6.45, 7) is 5.68. The van der Waals surface area contributed by atoms with E-state index < -0.39 is 23.2 Å². The summed E-state index contributed by atoms with van der Waals surface area (Å²) in [7, 11) is 0. The van der Waals surface area contributed by atoms with Gasteiger partial charge in [-0.25, -0.2) is 0 Å². The van der Waals surface area contributed by atoms with Crippen LogP contribution in [0, 0.1) is 0 Å². The van der Waals surface area contributed by atoms with Crippen LogP contribution in [0.1, 0.15) is 49.5 Å². The van der Waals surface area contributed by atoms with Crippen molar-refractivity contribution < 1.29 is 18.0 Å². The van der Waals surface area contributed by atoms with Crippen molar-refractivity contribution in [1.29, 1.82) is 0 Å². The third kappa shape index (κ3) is 3.65. The van der Waals surface area contributed by atoms with Crippen LogP contribution >= 0.6 is 0 Å². The fraction of sp³-hybridized carbons (Fsp3) is 0.500. The minimum Gasteiger partial charge on any atom is -0.398 e. The molecule has 1 aromatic rings. The number of benzene rings is 1. The van der Waals surface area contributed by atoms with Crippen LogP contribution in [0.15, 0.2) is 18.2 Å². The average molecular weight is 288 g/mol. The van der Waals surface area contributed by atoms with Gasteiger partial charge in [-0.1, -0.05) is 13.8 Å². The first-order valence-corrected chi connectivity index (χ1v) is 6.42. The van der Waals surface area contributed by atoms with Gasteiger partial charge in [0.25, 0.3) is 5.91 Å². The largest absolute Gasteiger partial charge is 0.418 e. The zero-order chi connectivity index (χ0) is 15.6. The lowest BCUT2D eigenvalue weighted by Gasteiger charge is -2.28. The Morgan fingerprint density at radius 2 is 1.80 bits per heavy atom. The minimum atomic E-state index is -4.57. The van der Waals surface area contributed by atoms with Crippen molar-refractivity contribution in [1.82, 2.24) is 5.32 Å². The van der Waals surface area contributed by atoms with Crippen molar-refractivity contribution in [3.05, 3.63) is 29.3 Å². The smallest absolute Gasteiger partial charge is 0.398 e. The topological polar surface area (TPSA) is 55.1 Å². The molecule has 3 nitrogen and oxygen atoms in total. The summed E-state index contributed by atoms with van der Waals surface area (Å²) in [5.41, 5.74) is 3.46. The third-order valence-electron chi connectivity index (χ3n) is 3.60. The van der Waals surface area contributed by atoms with E-state index in [1.165, 1.54) is 6.07 Å². The highest BCUT2D eigenvalue weighted by atomic mass is 19.4. The molecule has 20 heavy (non-hydrogen) atoms. The van der Waals surface area contributed by atoms with Gasteiger partial charge in [0.05, 0.1) is 5.56 Å². The normalized spacial score (nSPS) is 12.3. The Morgan fingerprint density at radius 1 is 1.25 bits per heavy atom. The number of nitrogens with one attached hydrogen (secondary N) is 1. The molecule has 0 spiro atoms. The van der Waals surface area contributed by atoms with Crippen molar-refractivity contribution in [3.8, 4) is 0 Å². The Kier molecular flexibility index (Phi) is 4.68. The monoisotopic (exact) mass is 288 g/mol. The second-order valence-corrected chi connectivity index (χ2v) is 5.02. The zero-order valence-electron chi connectivity index (χ0n) is 11.8. The van der Waals surface area contributed by atoms with Crippen molar-refractivity contribution in [2.45, 2.75) is 45.3 Å². The lowest BCUT2D eigenvalue weighted by Crippen LogP contribution is -2.45. The standard InChI is InChI=1S/C14H19F3N2O/c1-4-13(3,5-2)19-12(20)9-6-7-11(18)10(8-9)14(15,16)17/h6-8H,4-5,18H2,1-3H3,(H,19,20). The number of nitrogen functional groups attached to an aromatic ring is 1. The molecule has 3 N–H and O–H groups in total. The Labute approximate surface area is 116 Å². The number of hydrogen-bond donors (Lipinski definition) is 2. The van der Waals surface area contributed by atoms with Crippen molar-refractivity contribution >= 4 is 11.6 Å². The molecule has 0 aliphatic carbocycles. The van der Waals surface area contributed by atoms with E-state index in [9.17, 15) is 18.0 Å². The number of carbonyl (C=O) groups is 1. The summed E-state index contributed by atoms with van der Waals surface area (Å²) in [5, 5.41) is 2.76. The van der Waals surface area contributed by atoms with Gasteiger partial charge in [-0.15, -0.1) is 0 Å². The summed E-state index contributed by atoms with van der Waals surface area (Å²) >= 11 is 0. The second-order valence-electron chi connectivity index (χ2n) is 5.02. The molecule has 0 unspecified atom stereocenters. The Bertz CT molecular complexity index is 494. The van der Waals surface area contributed by atoms with Gasteiger partial charge in [-0.2, -0.15) is 13.2 Å². The Balaban J connectivity index is 3.07. The van der Waals surface area contributed by atoms with E-state index in [2.05, 4.69) is 5.32 Å². The lowest BCUT2D eigenvalue weighted by atomic mass is 9.95. The van der Waals surface area contributed by atoms with Crippen molar-refractivity contribution in [2.75, 3.05) is 5.73 Å². The quantitative estimate of drug-likeness (QED) is 0.832. The molecule has 0 fully saturated rings. The molecular weight excluding hydrogens is 269 g/mol. The molecule has 1 amide bonds. The summed E-state index contributed by atoms with van der Waals surface area (Å²) in [5.74, 6) is -0.526. The van der Waals surface area contributed by atoms with Gasteiger partial charge in [0.1, 0.15) is 0 Å². The molecule has 1 rings (SSSR count). The second kappa shape index (κ2) is 5.73. The van der Waals surface area contributed by atoms with E-state index in [1.54, 1.807) is 0 Å². The first-order chi connectivity index (χ1) is 9.13. The van der Waals surface area contributed by atoms with Crippen LogP contribution < -0.4 is 11.1 Å². The minimum absolute atomic E-state index is 0.0420. The molecule has 0 bridgehead atoms. The average Bonchev–Trinajstić information content (AvgIpc) is 2.37. The SMILES string of the molecule is CCC(C)(CC)NC(=O)c1ccc(N)c(C(F)(F)F)c1. The van der Waals surface area contributed by atoms with Crippen LogP contribution in [0.25, 0.3) is 0 Å². The Hall–Kier alpha value is -1.72. The third-order valence-corrected chi connectivity index (χ3v) is 3.60. The highest BCUT2D eigenvalue weighted by molar-refractivity contribution is 5.95. The van der Waals surface area contributed by atoms with Crippen molar-refractivity contribution in [3.63, 3.8) is 0 Å². The van der Waals surface area contributed by atoms with Gasteiger partial charge in [-0.3, -0.25) is 4.79 Å². The van der Waals surface area contributed by atoms with Gasteiger partial charge in [-0.05, 0) is 38.0 Å². The van der Waals surface area contributed by atoms with E-state index in [0.29, 0.717) is 12.8 Å². The fourth-order valence-electron chi connectivity index (χ4n) is 1.72. The molecule has 0 aliphatic heterocycles. The first-order valence-electron chi connectivity index (χ1n) is 6.42. The number of rotatable bonds is 4. The number of alkyl halides is 3. The summed E-state index contributed by atoms with van der Waals surface area (Å²) in [6.07, 6.45) is -3.19. The van der Waals surface area contributed by atoms with Crippen LogP contribution in [0.4, 0.5) is 18.9 Å². The molecule has 6 heteroatoms. The van der Waals surface area contributed by atoms with E-state index in [-0.39, 0.29) is 11.3 Å². The van der Waals surface area contributed by atoms with Gasteiger partial charge >= 0.3 is 6.18 Å². The number of carbonyl (C=O) groups excluding carboxylic acids is 1. The van der Waals surface area contributed by atoms with Crippen LogP contribution in [0.5, 0.6) is 0 Å². The Morgan fingerprint density at radius 3 is 2.25 bits per heavy atom. The molecule has 0 aliphatic rings. The maximum absolute atomic E-state index is 12.8. The molecule has 0 saturated heterocycles. The van der Waals surface area contributed by atoms with Crippen LogP contribution in [0.3, 0.4) is 0 Å². The van der Waals surface area contributed by atoms with E-state index in [4.69, 9.17) is 5.73 Å². The number of halogens is 3. The zero-order valence-corrected chi connectivity index (χ0v) is 11.8. The number of amides is 1. The molecule has 0 saturated carbocycles. The molecule has 0 radical (unpaired) electrons. The van der Waals surface area contributed by atoms with Crippen LogP contribution in [-0.2, 0) is 6.18 Å². The molecule has 0 aromatic heterocycles. The van der Waals surface area contributed by atoms with E-state index in [0.717, 1.165) is 12.1 Å². The maximum atomic E-state index is 12.8. The van der Waals surface area contributed by atoms with E-state index in [1.807, 2.05) is 20.8 Å². The van der Waals surface area contributed by atoms with Crippen LogP contribution in [0.2, 0.25) is 0 Å². The molecule has 0 heterocycles. The highest BCUT2D eigenvalue weighted by Crippen LogP contribution is 2.34. The lowest BCUT2D eigenvalue weighted by molar-refractivity contribution is -0.136. The number of anilines is 1. The number of nitrogens with two attached hydrogens (primary N) is 1. The van der Waals surface area contributed by atoms with Gasteiger partial charge in [0, 0.05) is 16.8 Å². The van der Waals surface area contributed by atoms with Gasteiger partial charge in [0.2, 0.25) is 0 Å². The predicted octanol–water partition coefficient (Wildman–Crippen LogP) is 3.60. The fourth-order valence-corrected chi connectivity index (χ4v) is 1.72. The highest BCUT2D eigenvalue weighted by Gasteiger charge is 2.34.